The molecule has 0 bridgehead atoms. The highest BCUT2D eigenvalue weighted by molar-refractivity contribution is 7.16. The molecule has 0 radical (unpaired) electrons. The van der Waals surface area contributed by atoms with Gasteiger partial charge < -0.3 is 19.5 Å². The summed E-state index contributed by atoms with van der Waals surface area (Å²) in [5.74, 6) is 1.19. The number of pyridine rings is 1. The number of rotatable bonds is 7. The smallest absolute Gasteiger partial charge is 0.188 e. The van der Waals surface area contributed by atoms with Crippen molar-refractivity contribution in [3.05, 3.63) is 46.6 Å². The molecule has 0 amide bonds. The van der Waals surface area contributed by atoms with E-state index < -0.39 is 0 Å². The van der Waals surface area contributed by atoms with Gasteiger partial charge >= 0.3 is 0 Å². The van der Waals surface area contributed by atoms with Gasteiger partial charge in [-0.25, -0.2) is 4.98 Å². The van der Waals surface area contributed by atoms with Gasteiger partial charge in [-0.15, -0.1) is 0 Å². The SMILES string of the molecule is COc1cc(OC)c(Nc2nc(-c3ccncc3)c(CN3CCOCC3)s2)cc1Cl. The molecule has 1 fully saturated rings. The third kappa shape index (κ3) is 4.67. The van der Waals surface area contributed by atoms with Crippen LogP contribution in [0.15, 0.2) is 36.7 Å². The summed E-state index contributed by atoms with van der Waals surface area (Å²) in [7, 11) is 3.19. The molecule has 7 nitrogen and oxygen atoms in total. The number of ether oxygens (including phenoxy) is 3. The monoisotopic (exact) mass is 446 g/mol. The molecule has 4 rings (SSSR count). The van der Waals surface area contributed by atoms with E-state index in [-0.39, 0.29) is 0 Å². The summed E-state index contributed by atoms with van der Waals surface area (Å²) < 4.78 is 16.3. The number of nitrogens with one attached hydrogen (secondary N) is 1. The van der Waals surface area contributed by atoms with Gasteiger partial charge in [-0.05, 0) is 18.2 Å². The van der Waals surface area contributed by atoms with Crippen LogP contribution < -0.4 is 14.8 Å². The molecule has 0 unspecified atom stereocenters. The van der Waals surface area contributed by atoms with E-state index in [0.717, 1.165) is 54.9 Å². The van der Waals surface area contributed by atoms with Crippen LogP contribution in [0.5, 0.6) is 11.5 Å². The Labute approximate surface area is 184 Å². The molecule has 30 heavy (non-hydrogen) atoms. The van der Waals surface area contributed by atoms with Crippen LogP contribution in [0.1, 0.15) is 4.88 Å². The summed E-state index contributed by atoms with van der Waals surface area (Å²) in [6, 6.07) is 7.50. The summed E-state index contributed by atoms with van der Waals surface area (Å²) in [6.45, 7) is 4.17. The normalized spacial score (nSPS) is 14.5. The number of morpholine rings is 1. The molecule has 0 spiro atoms. The Morgan fingerprint density at radius 2 is 1.87 bits per heavy atom. The van der Waals surface area contributed by atoms with Crippen LogP contribution in [0.4, 0.5) is 10.8 Å². The average molecular weight is 447 g/mol. The van der Waals surface area contributed by atoms with Gasteiger partial charge in [0, 0.05) is 48.5 Å². The standard InChI is InChI=1S/C21H23ClN4O3S/c1-27-17-12-18(28-2)16(11-15(17)22)24-21-25-20(14-3-5-23-6-4-14)19(30-21)13-26-7-9-29-10-8-26/h3-6,11-12H,7-10,13H2,1-2H3,(H,24,25). The van der Waals surface area contributed by atoms with Gasteiger partial charge in [0.15, 0.2) is 5.13 Å². The maximum atomic E-state index is 6.32. The lowest BCUT2D eigenvalue weighted by atomic mass is 10.1. The minimum atomic E-state index is 0.500. The van der Waals surface area contributed by atoms with Crippen LogP contribution in [-0.4, -0.2) is 55.4 Å². The maximum Gasteiger partial charge on any atom is 0.188 e. The number of thiazole rings is 1. The van der Waals surface area contributed by atoms with Crippen molar-refractivity contribution in [1.82, 2.24) is 14.9 Å². The molecule has 3 heterocycles. The van der Waals surface area contributed by atoms with Crippen molar-refractivity contribution in [3.8, 4) is 22.8 Å². The highest BCUT2D eigenvalue weighted by atomic mass is 35.5. The minimum absolute atomic E-state index is 0.500. The molecule has 1 aliphatic rings. The number of benzene rings is 1. The summed E-state index contributed by atoms with van der Waals surface area (Å²) in [4.78, 5) is 12.6. The van der Waals surface area contributed by atoms with Crippen molar-refractivity contribution in [2.45, 2.75) is 6.54 Å². The number of aromatic nitrogens is 2. The van der Waals surface area contributed by atoms with Gasteiger partial charge in [0.25, 0.3) is 0 Å². The number of methoxy groups -OCH3 is 2. The van der Waals surface area contributed by atoms with Crippen molar-refractivity contribution in [2.24, 2.45) is 0 Å². The molecule has 2 aromatic heterocycles. The molecule has 1 aromatic carbocycles. The first-order chi connectivity index (χ1) is 14.7. The molecular weight excluding hydrogens is 424 g/mol. The zero-order valence-electron chi connectivity index (χ0n) is 16.9. The Kier molecular flexibility index (Phi) is 6.69. The maximum absolute atomic E-state index is 6.32. The first-order valence-corrected chi connectivity index (χ1v) is 10.8. The quantitative estimate of drug-likeness (QED) is 0.574. The fourth-order valence-corrected chi connectivity index (χ4v) is 4.56. The molecule has 0 saturated carbocycles. The van der Waals surface area contributed by atoms with Crippen LogP contribution in [0.25, 0.3) is 11.3 Å². The third-order valence-corrected chi connectivity index (χ3v) is 6.09. The van der Waals surface area contributed by atoms with Crippen LogP contribution in [-0.2, 0) is 11.3 Å². The summed E-state index contributed by atoms with van der Waals surface area (Å²) in [6.07, 6.45) is 3.57. The van der Waals surface area contributed by atoms with Crippen molar-refractivity contribution < 1.29 is 14.2 Å². The van der Waals surface area contributed by atoms with Crippen LogP contribution >= 0.6 is 22.9 Å². The van der Waals surface area contributed by atoms with Crippen LogP contribution in [0.2, 0.25) is 5.02 Å². The van der Waals surface area contributed by atoms with E-state index in [2.05, 4.69) is 15.2 Å². The van der Waals surface area contributed by atoms with E-state index in [0.29, 0.717) is 16.5 Å². The molecule has 158 valence electrons. The highest BCUT2D eigenvalue weighted by Gasteiger charge is 2.19. The van der Waals surface area contributed by atoms with Gasteiger partial charge in [0.1, 0.15) is 11.5 Å². The second kappa shape index (κ2) is 9.61. The van der Waals surface area contributed by atoms with E-state index >= 15 is 0 Å². The van der Waals surface area contributed by atoms with E-state index in [1.807, 2.05) is 12.1 Å². The van der Waals surface area contributed by atoms with Gasteiger partial charge in [0.05, 0.1) is 43.8 Å². The number of nitrogens with zero attached hydrogens (tertiary/aromatic N) is 3. The molecular formula is C21H23ClN4O3S. The van der Waals surface area contributed by atoms with Gasteiger partial charge in [-0.1, -0.05) is 22.9 Å². The van der Waals surface area contributed by atoms with E-state index in [1.165, 1.54) is 4.88 Å². The van der Waals surface area contributed by atoms with Gasteiger partial charge in [-0.3, -0.25) is 9.88 Å². The van der Waals surface area contributed by atoms with Crippen molar-refractivity contribution in [3.63, 3.8) is 0 Å². The topological polar surface area (TPSA) is 68.7 Å². The number of anilines is 2. The molecule has 0 aliphatic carbocycles. The van der Waals surface area contributed by atoms with Crippen molar-refractivity contribution in [2.75, 3.05) is 45.8 Å². The second-order valence-electron chi connectivity index (χ2n) is 6.73. The third-order valence-electron chi connectivity index (χ3n) is 4.84. The highest BCUT2D eigenvalue weighted by Crippen LogP contribution is 2.39. The van der Waals surface area contributed by atoms with E-state index in [9.17, 15) is 0 Å². The first kappa shape index (κ1) is 20.9. The Morgan fingerprint density at radius 3 is 2.57 bits per heavy atom. The minimum Gasteiger partial charge on any atom is -0.495 e. The fraction of sp³-hybridized carbons (Fsp3) is 0.333. The Hall–Kier alpha value is -2.39. The summed E-state index contributed by atoms with van der Waals surface area (Å²) in [5.41, 5.74) is 2.73. The zero-order valence-corrected chi connectivity index (χ0v) is 18.4. The molecule has 1 aliphatic heterocycles. The van der Waals surface area contributed by atoms with Crippen LogP contribution in [0, 0.1) is 0 Å². The van der Waals surface area contributed by atoms with E-state index in [4.69, 9.17) is 30.8 Å². The van der Waals surface area contributed by atoms with Crippen LogP contribution in [0.3, 0.4) is 0 Å². The van der Waals surface area contributed by atoms with E-state index in [1.54, 1.807) is 50.1 Å². The lowest BCUT2D eigenvalue weighted by molar-refractivity contribution is 0.0347. The number of halogens is 1. The number of hydrogen-bond donors (Lipinski definition) is 1. The second-order valence-corrected chi connectivity index (χ2v) is 8.22. The van der Waals surface area contributed by atoms with Crippen molar-refractivity contribution in [1.29, 1.82) is 0 Å². The fourth-order valence-electron chi connectivity index (χ4n) is 3.28. The molecule has 9 heteroatoms. The van der Waals surface area contributed by atoms with Gasteiger partial charge in [0.2, 0.25) is 0 Å². The lowest BCUT2D eigenvalue weighted by Crippen LogP contribution is -2.35. The molecule has 3 aromatic rings. The average Bonchev–Trinajstić information content (AvgIpc) is 3.17. The molecule has 1 N–H and O–H groups in total. The predicted molar refractivity (Wildman–Crippen MR) is 119 cm³/mol. The Balaban J connectivity index is 1.66. The lowest BCUT2D eigenvalue weighted by Gasteiger charge is -2.26. The first-order valence-electron chi connectivity index (χ1n) is 9.56. The Bertz CT molecular complexity index is 993. The largest absolute Gasteiger partial charge is 0.495 e. The molecule has 0 atom stereocenters. The molecule has 1 saturated heterocycles. The number of hydrogen-bond acceptors (Lipinski definition) is 8. The Morgan fingerprint density at radius 1 is 1.13 bits per heavy atom. The predicted octanol–water partition coefficient (Wildman–Crippen LogP) is 4.45. The summed E-state index contributed by atoms with van der Waals surface area (Å²) in [5, 5.41) is 4.64. The zero-order chi connectivity index (χ0) is 20.9. The summed E-state index contributed by atoms with van der Waals surface area (Å²) >= 11 is 7.95. The van der Waals surface area contributed by atoms with Gasteiger partial charge in [-0.2, -0.15) is 0 Å². The van der Waals surface area contributed by atoms with Crippen molar-refractivity contribution >= 4 is 33.8 Å².